The van der Waals surface area contributed by atoms with E-state index in [0.717, 1.165) is 35.4 Å². The predicted molar refractivity (Wildman–Crippen MR) is 217 cm³/mol. The Balaban J connectivity index is 1.24. The quantitative estimate of drug-likeness (QED) is 0.0955. The van der Waals surface area contributed by atoms with E-state index in [0.29, 0.717) is 0 Å². The summed E-state index contributed by atoms with van der Waals surface area (Å²) in [5.74, 6) is -3.84. The van der Waals surface area contributed by atoms with Gasteiger partial charge in [0.15, 0.2) is 31.1 Å². The molecule has 0 unspecified atom stereocenters. The van der Waals surface area contributed by atoms with E-state index in [1.165, 1.54) is 19.1 Å². The Kier molecular flexibility index (Phi) is 13.7. The summed E-state index contributed by atoms with van der Waals surface area (Å²) in [6.07, 6.45) is -12.2. The minimum atomic E-state index is -1.70. The lowest BCUT2D eigenvalue weighted by atomic mass is 9.93. The number of rotatable bonds is 14. The first-order chi connectivity index (χ1) is 30.5. The van der Waals surface area contributed by atoms with Crippen molar-refractivity contribution in [2.45, 2.75) is 102 Å². The normalized spacial score (nSPS) is 29.0. The third-order valence-corrected chi connectivity index (χ3v) is 11.0. The van der Waals surface area contributed by atoms with Gasteiger partial charge in [-0.3, -0.25) is 28.9 Å². The van der Waals surface area contributed by atoms with Crippen LogP contribution in [-0.2, 0) is 75.0 Å². The monoisotopic (exact) mass is 865 g/mol. The zero-order valence-electron chi connectivity index (χ0n) is 34.7. The second-order valence-electron chi connectivity index (χ2n) is 15.4. The maximum Gasteiger partial charge on any atom is 0.303 e. The highest BCUT2D eigenvalue weighted by atomic mass is 16.8. The fraction of sp³-hybridized carbons (Fsp3) is 0.383. The molecule has 3 saturated heterocycles. The van der Waals surface area contributed by atoms with Crippen LogP contribution in [0, 0.1) is 0 Å². The van der Waals surface area contributed by atoms with Crippen LogP contribution in [0.5, 0.6) is 0 Å². The Morgan fingerprint density at radius 1 is 0.603 bits per heavy atom. The Labute approximate surface area is 363 Å². The molecule has 0 spiro atoms. The number of benzene rings is 4. The molecule has 4 heterocycles. The van der Waals surface area contributed by atoms with Gasteiger partial charge in [0.25, 0.3) is 11.8 Å². The molecule has 330 valence electrons. The molecule has 0 aromatic heterocycles. The van der Waals surface area contributed by atoms with Crippen molar-refractivity contribution in [2.75, 3.05) is 13.2 Å². The van der Waals surface area contributed by atoms with E-state index < -0.39 is 104 Å². The number of nitrogens with zero attached hydrogens (tertiary/aromatic N) is 1. The molecular formula is C47H47NO15. The SMILES string of the molecule is CC(=O)OC[C@H]1O[C@@H](O[C@@H]2[C@@H](OCc3ccccc3)O[C@@H]3CO[C@H](c4ccccc4)O[C@H]3[C@@H]2OCc2ccccc2)[C@H](N2C(=O)c3ccccc3C2=O)[C@@H](OC(C)=O)[C@@H]1OC(C)=O. The van der Waals surface area contributed by atoms with Gasteiger partial charge >= 0.3 is 17.9 Å². The first kappa shape index (κ1) is 43.8. The molecule has 16 nitrogen and oxygen atoms in total. The zero-order chi connectivity index (χ0) is 44.0. The van der Waals surface area contributed by atoms with Crippen LogP contribution < -0.4 is 0 Å². The van der Waals surface area contributed by atoms with Gasteiger partial charge in [0.1, 0.15) is 43.2 Å². The van der Waals surface area contributed by atoms with Gasteiger partial charge in [-0.2, -0.15) is 0 Å². The van der Waals surface area contributed by atoms with Crippen molar-refractivity contribution in [3.8, 4) is 0 Å². The van der Waals surface area contributed by atoms with Crippen LogP contribution in [0.25, 0.3) is 0 Å². The smallest absolute Gasteiger partial charge is 0.303 e. The molecule has 4 aromatic carbocycles. The number of amides is 2. The Bertz CT molecular complexity index is 2210. The van der Waals surface area contributed by atoms with E-state index in [1.54, 1.807) is 12.1 Å². The van der Waals surface area contributed by atoms with Crippen LogP contribution in [0.3, 0.4) is 0 Å². The lowest BCUT2D eigenvalue weighted by Gasteiger charge is -2.52. The first-order valence-corrected chi connectivity index (χ1v) is 20.6. The fourth-order valence-corrected chi connectivity index (χ4v) is 8.22. The standard InChI is InChI=1S/C47H47NO15/c1-27(49)54-25-35-38(58-28(2)50)40(59-29(3)51)37(48-43(52)33-21-13-14-22-34(33)44(48)53)46(60-35)63-42-41(55-23-30-15-7-4-8-16-30)39-36(26-57-45(62-39)32-19-11-6-12-20-32)61-47(42)56-24-31-17-9-5-10-18-31/h4-22,35-42,45-47H,23-26H2,1-3H3/t35-,36-,37-,38-,39-,40-,41+,42+,45+,46+,47+/m1/s1. The van der Waals surface area contributed by atoms with Crippen molar-refractivity contribution in [1.82, 2.24) is 4.90 Å². The number of esters is 3. The summed E-state index contributed by atoms with van der Waals surface area (Å²) >= 11 is 0. The number of fused-ring (bicyclic) bond motifs is 2. The van der Waals surface area contributed by atoms with Crippen LogP contribution in [-0.4, -0.2) is 109 Å². The molecule has 63 heavy (non-hydrogen) atoms. The molecule has 0 radical (unpaired) electrons. The molecule has 16 heteroatoms. The molecule has 0 N–H and O–H groups in total. The lowest BCUT2D eigenvalue weighted by molar-refractivity contribution is -0.394. The lowest BCUT2D eigenvalue weighted by Crippen LogP contribution is -2.70. The van der Waals surface area contributed by atoms with Crippen LogP contribution >= 0.6 is 0 Å². The summed E-state index contributed by atoms with van der Waals surface area (Å²) < 4.78 is 63.4. The van der Waals surface area contributed by atoms with Crippen LogP contribution in [0.15, 0.2) is 115 Å². The van der Waals surface area contributed by atoms with Gasteiger partial charge in [0.2, 0.25) is 0 Å². The molecular weight excluding hydrogens is 819 g/mol. The molecule has 0 bridgehead atoms. The van der Waals surface area contributed by atoms with E-state index in [2.05, 4.69) is 0 Å². The molecule has 4 aromatic rings. The summed E-state index contributed by atoms with van der Waals surface area (Å²) in [5, 5.41) is 0. The highest BCUT2D eigenvalue weighted by Crippen LogP contribution is 2.41. The van der Waals surface area contributed by atoms with E-state index in [1.807, 2.05) is 91.0 Å². The number of carbonyl (C=O) groups is 5. The number of ether oxygens (including phenoxy) is 10. The highest BCUT2D eigenvalue weighted by molar-refractivity contribution is 6.21. The van der Waals surface area contributed by atoms with E-state index in [9.17, 15) is 24.0 Å². The maximum absolute atomic E-state index is 14.4. The number of imide groups is 1. The molecule has 3 fully saturated rings. The van der Waals surface area contributed by atoms with Crippen molar-refractivity contribution in [3.05, 3.63) is 143 Å². The highest BCUT2D eigenvalue weighted by Gasteiger charge is 2.60. The van der Waals surface area contributed by atoms with Gasteiger partial charge in [-0.05, 0) is 23.3 Å². The summed E-state index contributed by atoms with van der Waals surface area (Å²) in [5.41, 5.74) is 2.53. The topological polar surface area (TPSA) is 181 Å². The third-order valence-electron chi connectivity index (χ3n) is 11.0. The van der Waals surface area contributed by atoms with Gasteiger partial charge in [-0.1, -0.05) is 103 Å². The molecule has 4 aliphatic rings. The molecule has 0 aliphatic carbocycles. The fourth-order valence-electron chi connectivity index (χ4n) is 8.22. The van der Waals surface area contributed by atoms with Gasteiger partial charge in [-0.15, -0.1) is 0 Å². The number of hydrogen-bond donors (Lipinski definition) is 0. The Morgan fingerprint density at radius 3 is 1.75 bits per heavy atom. The zero-order valence-corrected chi connectivity index (χ0v) is 34.7. The second-order valence-corrected chi connectivity index (χ2v) is 15.4. The Morgan fingerprint density at radius 2 is 1.16 bits per heavy atom. The summed E-state index contributed by atoms with van der Waals surface area (Å²) in [6.45, 7) is 3.13. The van der Waals surface area contributed by atoms with Gasteiger partial charge < -0.3 is 47.4 Å². The van der Waals surface area contributed by atoms with Crippen LogP contribution in [0.1, 0.15) is 64.5 Å². The van der Waals surface area contributed by atoms with Crippen molar-refractivity contribution in [3.63, 3.8) is 0 Å². The van der Waals surface area contributed by atoms with Gasteiger partial charge in [0, 0.05) is 26.3 Å². The van der Waals surface area contributed by atoms with Gasteiger partial charge in [-0.25, -0.2) is 0 Å². The third kappa shape index (κ3) is 9.87. The molecule has 2 amide bonds. The minimum absolute atomic E-state index is 0.0511. The molecule has 4 aliphatic heterocycles. The van der Waals surface area contributed by atoms with Crippen molar-refractivity contribution >= 4 is 29.7 Å². The number of carbonyl (C=O) groups excluding carboxylic acids is 5. The van der Waals surface area contributed by atoms with Crippen molar-refractivity contribution in [2.24, 2.45) is 0 Å². The van der Waals surface area contributed by atoms with Crippen molar-refractivity contribution in [1.29, 1.82) is 0 Å². The predicted octanol–water partition coefficient (Wildman–Crippen LogP) is 4.83. The largest absolute Gasteiger partial charge is 0.463 e. The van der Waals surface area contributed by atoms with Crippen LogP contribution in [0.2, 0.25) is 0 Å². The Hall–Kier alpha value is -5.85. The molecule has 8 rings (SSSR count). The average Bonchev–Trinajstić information content (AvgIpc) is 3.54. The maximum atomic E-state index is 14.4. The van der Waals surface area contributed by atoms with E-state index in [-0.39, 0.29) is 30.9 Å². The summed E-state index contributed by atoms with van der Waals surface area (Å²) in [6, 6.07) is 32.7. The van der Waals surface area contributed by atoms with E-state index >= 15 is 0 Å². The van der Waals surface area contributed by atoms with Crippen LogP contribution in [0.4, 0.5) is 0 Å². The van der Waals surface area contributed by atoms with E-state index in [4.69, 9.17) is 47.4 Å². The second kappa shape index (κ2) is 19.7. The van der Waals surface area contributed by atoms with Crippen molar-refractivity contribution < 1.29 is 71.3 Å². The summed E-state index contributed by atoms with van der Waals surface area (Å²) in [4.78, 5) is 67.5. The van der Waals surface area contributed by atoms with Gasteiger partial charge in [0.05, 0.1) is 30.9 Å². The molecule has 11 atom stereocenters. The minimum Gasteiger partial charge on any atom is -0.463 e. The molecule has 0 saturated carbocycles. The number of hydrogen-bond acceptors (Lipinski definition) is 15. The average molecular weight is 866 g/mol. The first-order valence-electron chi connectivity index (χ1n) is 20.6. The summed E-state index contributed by atoms with van der Waals surface area (Å²) in [7, 11) is 0.